The molecule has 9 aromatic rings. The molecule has 6 aromatic carbocycles. The van der Waals surface area contributed by atoms with E-state index < -0.39 is 0 Å². The van der Waals surface area contributed by atoms with E-state index in [1.165, 1.54) is 80.9 Å². The predicted octanol–water partition coefficient (Wildman–Crippen LogP) is 11.5. The second-order valence-electron chi connectivity index (χ2n) is 11.9. The molecular weight excluding hydrogens is 565 g/mol. The number of pyridine rings is 1. The van der Waals surface area contributed by atoms with Gasteiger partial charge in [-0.05, 0) is 69.8 Å². The summed E-state index contributed by atoms with van der Waals surface area (Å²) >= 11 is 1.89. The van der Waals surface area contributed by atoms with E-state index in [1.54, 1.807) is 0 Å². The topological polar surface area (TPSA) is 17.8 Å². The second kappa shape index (κ2) is 9.49. The molecule has 0 fully saturated rings. The minimum atomic E-state index is 0.821. The normalized spacial score (nSPS) is 12.4. The van der Waals surface area contributed by atoms with Crippen LogP contribution >= 0.6 is 11.3 Å². The van der Waals surface area contributed by atoms with E-state index in [0.29, 0.717) is 0 Å². The maximum absolute atomic E-state index is 5.33. The summed E-state index contributed by atoms with van der Waals surface area (Å²) in [4.78, 5) is 5.33. The summed E-state index contributed by atoms with van der Waals surface area (Å²) in [6.45, 7) is 0. The smallest absolute Gasteiger partial charge is 0.137 e. The van der Waals surface area contributed by atoms with Crippen molar-refractivity contribution >= 4 is 53.3 Å². The molecule has 0 aliphatic heterocycles. The number of rotatable bonds is 3. The first-order valence-corrected chi connectivity index (χ1v) is 16.3. The van der Waals surface area contributed by atoms with Crippen LogP contribution in [0.4, 0.5) is 0 Å². The summed E-state index contributed by atoms with van der Waals surface area (Å²) in [6.07, 6.45) is 0.821. The van der Waals surface area contributed by atoms with Crippen molar-refractivity contribution in [3.63, 3.8) is 0 Å². The van der Waals surface area contributed by atoms with E-state index in [1.807, 2.05) is 11.3 Å². The molecule has 3 heteroatoms. The number of benzene rings is 6. The fourth-order valence-corrected chi connectivity index (χ4v) is 8.70. The lowest BCUT2D eigenvalue weighted by Gasteiger charge is -2.11. The largest absolute Gasteiger partial charge is 0.294 e. The zero-order valence-corrected chi connectivity index (χ0v) is 25.2. The van der Waals surface area contributed by atoms with Gasteiger partial charge >= 0.3 is 0 Å². The lowest BCUT2D eigenvalue weighted by molar-refractivity contribution is 1.03. The SMILES string of the molecule is c1cc(-c2cccc3c2Cc2nc(-n4c5ccccc5c5ccccc54)ccc2-3)cc(-c2cccc3c2sc2ccccc23)c1. The fourth-order valence-electron chi connectivity index (χ4n) is 7.46. The highest BCUT2D eigenvalue weighted by atomic mass is 32.1. The zero-order chi connectivity index (χ0) is 29.5. The Kier molecular flexibility index (Phi) is 5.25. The first kappa shape index (κ1) is 24.9. The molecule has 210 valence electrons. The van der Waals surface area contributed by atoms with Crippen molar-refractivity contribution in [1.82, 2.24) is 9.55 Å². The Morgan fingerprint density at radius 2 is 1.11 bits per heavy atom. The minimum Gasteiger partial charge on any atom is -0.294 e. The molecule has 0 unspecified atom stereocenters. The highest BCUT2D eigenvalue weighted by Crippen LogP contribution is 2.44. The Bertz CT molecular complexity index is 2580. The summed E-state index contributed by atoms with van der Waals surface area (Å²) in [5.74, 6) is 0.971. The van der Waals surface area contributed by atoms with Gasteiger partial charge in [0.15, 0.2) is 0 Å². The van der Waals surface area contributed by atoms with Crippen LogP contribution in [-0.2, 0) is 6.42 Å². The molecule has 10 rings (SSSR count). The Balaban J connectivity index is 1.08. The van der Waals surface area contributed by atoms with Gasteiger partial charge in [-0.1, -0.05) is 109 Å². The highest BCUT2D eigenvalue weighted by Gasteiger charge is 2.24. The number of aromatic nitrogens is 2. The van der Waals surface area contributed by atoms with Crippen molar-refractivity contribution in [1.29, 1.82) is 0 Å². The van der Waals surface area contributed by atoms with Crippen LogP contribution in [0.1, 0.15) is 11.3 Å². The van der Waals surface area contributed by atoms with E-state index in [0.717, 1.165) is 17.9 Å². The average molecular weight is 591 g/mol. The molecule has 1 aliphatic rings. The predicted molar refractivity (Wildman–Crippen MR) is 191 cm³/mol. The third-order valence-corrected chi connectivity index (χ3v) is 10.7. The van der Waals surface area contributed by atoms with Gasteiger partial charge in [-0.2, -0.15) is 0 Å². The number of para-hydroxylation sites is 2. The van der Waals surface area contributed by atoms with Crippen molar-refractivity contribution in [2.75, 3.05) is 0 Å². The zero-order valence-electron chi connectivity index (χ0n) is 24.4. The molecule has 0 bridgehead atoms. The molecule has 0 radical (unpaired) electrons. The van der Waals surface area contributed by atoms with Crippen LogP contribution < -0.4 is 0 Å². The van der Waals surface area contributed by atoms with Crippen LogP contribution in [0.25, 0.3) is 81.2 Å². The van der Waals surface area contributed by atoms with Crippen LogP contribution in [0.3, 0.4) is 0 Å². The van der Waals surface area contributed by atoms with Crippen molar-refractivity contribution in [2.24, 2.45) is 0 Å². The van der Waals surface area contributed by atoms with Crippen molar-refractivity contribution < 1.29 is 0 Å². The molecule has 2 nitrogen and oxygen atoms in total. The van der Waals surface area contributed by atoms with Gasteiger partial charge in [0, 0.05) is 42.9 Å². The van der Waals surface area contributed by atoms with E-state index in [2.05, 4.69) is 150 Å². The number of fused-ring (bicyclic) bond motifs is 9. The Morgan fingerprint density at radius 1 is 0.489 bits per heavy atom. The van der Waals surface area contributed by atoms with E-state index in [4.69, 9.17) is 4.98 Å². The first-order valence-electron chi connectivity index (χ1n) is 15.4. The van der Waals surface area contributed by atoms with E-state index in [9.17, 15) is 0 Å². The van der Waals surface area contributed by atoms with Gasteiger partial charge in [-0.15, -0.1) is 11.3 Å². The highest BCUT2D eigenvalue weighted by molar-refractivity contribution is 7.26. The number of hydrogen-bond acceptors (Lipinski definition) is 2. The number of nitrogens with zero attached hydrogens (tertiary/aromatic N) is 2. The van der Waals surface area contributed by atoms with Gasteiger partial charge in [0.1, 0.15) is 5.82 Å². The van der Waals surface area contributed by atoms with Crippen molar-refractivity contribution in [3.05, 3.63) is 157 Å². The van der Waals surface area contributed by atoms with Crippen LogP contribution in [0.2, 0.25) is 0 Å². The molecule has 1 aliphatic carbocycles. The Hall–Kier alpha value is -5.51. The third kappa shape index (κ3) is 3.65. The monoisotopic (exact) mass is 590 g/mol. The number of hydrogen-bond donors (Lipinski definition) is 0. The van der Waals surface area contributed by atoms with Gasteiger partial charge in [0.05, 0.1) is 16.7 Å². The molecule has 3 heterocycles. The van der Waals surface area contributed by atoms with E-state index in [-0.39, 0.29) is 0 Å². The molecule has 3 aromatic heterocycles. The standard InChI is InChI=1S/C42H26N2S/c1-4-19-38-32(12-1)33-13-2-5-20-39(33)44(38)41-23-22-31-30-17-8-15-28(36(30)25-37(31)43-41)26-10-7-11-27(24-26)29-16-9-18-35-34-14-3-6-21-40(34)45-42(29)35/h1-24H,25H2. The Labute approximate surface area is 264 Å². The number of thiophene rings is 1. The van der Waals surface area contributed by atoms with Crippen LogP contribution in [-0.4, -0.2) is 9.55 Å². The molecule has 0 spiro atoms. The van der Waals surface area contributed by atoms with Gasteiger partial charge < -0.3 is 0 Å². The summed E-state index contributed by atoms with van der Waals surface area (Å²) in [5, 5.41) is 5.18. The van der Waals surface area contributed by atoms with Crippen LogP contribution in [0, 0.1) is 0 Å². The van der Waals surface area contributed by atoms with Gasteiger partial charge in [-0.25, -0.2) is 4.98 Å². The summed E-state index contributed by atoms with van der Waals surface area (Å²) in [7, 11) is 0. The van der Waals surface area contributed by atoms with Crippen molar-refractivity contribution in [2.45, 2.75) is 6.42 Å². The molecular formula is C42H26N2S. The maximum Gasteiger partial charge on any atom is 0.137 e. The quantitative estimate of drug-likeness (QED) is 0.200. The molecule has 0 atom stereocenters. The maximum atomic E-state index is 5.33. The third-order valence-electron chi connectivity index (χ3n) is 9.47. The Morgan fingerprint density at radius 3 is 1.93 bits per heavy atom. The van der Waals surface area contributed by atoms with Crippen LogP contribution in [0.5, 0.6) is 0 Å². The molecule has 0 N–H and O–H groups in total. The molecule has 0 saturated heterocycles. The average Bonchev–Trinajstić information content (AvgIpc) is 3.77. The summed E-state index contributed by atoms with van der Waals surface area (Å²) in [5.41, 5.74) is 12.5. The van der Waals surface area contributed by atoms with Gasteiger partial charge in [0.25, 0.3) is 0 Å². The molecule has 45 heavy (non-hydrogen) atoms. The lowest BCUT2D eigenvalue weighted by Crippen LogP contribution is -2.00. The van der Waals surface area contributed by atoms with Crippen LogP contribution in [0.15, 0.2) is 146 Å². The summed E-state index contributed by atoms with van der Waals surface area (Å²) < 4.78 is 5.00. The van der Waals surface area contributed by atoms with Gasteiger partial charge in [0.2, 0.25) is 0 Å². The van der Waals surface area contributed by atoms with E-state index >= 15 is 0 Å². The fraction of sp³-hybridized carbons (Fsp3) is 0.0238. The minimum absolute atomic E-state index is 0.821. The second-order valence-corrected chi connectivity index (χ2v) is 13.0. The first-order chi connectivity index (χ1) is 22.3. The lowest BCUT2D eigenvalue weighted by atomic mass is 9.93. The molecule has 0 amide bonds. The molecule has 0 saturated carbocycles. The van der Waals surface area contributed by atoms with Crippen molar-refractivity contribution in [3.8, 4) is 39.2 Å². The van der Waals surface area contributed by atoms with Gasteiger partial charge in [-0.3, -0.25) is 4.57 Å². The summed E-state index contributed by atoms with van der Waals surface area (Å²) in [6, 6.07) is 53.0.